The predicted octanol–water partition coefficient (Wildman–Crippen LogP) is 2.58. The van der Waals surface area contributed by atoms with Crippen molar-refractivity contribution in [1.82, 2.24) is 9.80 Å². The number of nitrogens with zero attached hydrogens (tertiary/aromatic N) is 2. The Morgan fingerprint density at radius 3 is 2.48 bits per heavy atom. The van der Waals surface area contributed by atoms with Gasteiger partial charge in [0.2, 0.25) is 11.8 Å². The van der Waals surface area contributed by atoms with Crippen molar-refractivity contribution in [3.63, 3.8) is 0 Å². The molecule has 2 rings (SSSR count). The lowest BCUT2D eigenvalue weighted by Gasteiger charge is -2.34. The number of carbonyl (C=O) groups excluding carboxylic acids is 2. The van der Waals surface area contributed by atoms with Gasteiger partial charge in [-0.25, -0.2) is 4.39 Å². The highest BCUT2D eigenvalue weighted by molar-refractivity contribution is 6.31. The molecular weight excluding hydrogens is 319 g/mol. The Kier molecular flexibility index (Phi) is 5.77. The largest absolute Gasteiger partial charge is 0.339 e. The summed E-state index contributed by atoms with van der Waals surface area (Å²) in [6.07, 6.45) is 1.87. The maximum absolute atomic E-state index is 13.8. The Morgan fingerprint density at radius 1 is 1.26 bits per heavy atom. The van der Waals surface area contributed by atoms with Crippen LogP contribution in [0.4, 0.5) is 4.39 Å². The second kappa shape index (κ2) is 7.59. The maximum Gasteiger partial charge on any atom is 0.246 e. The van der Waals surface area contributed by atoms with Crippen LogP contribution < -0.4 is 0 Å². The van der Waals surface area contributed by atoms with Crippen LogP contribution in [-0.2, 0) is 16.0 Å². The number of hydrogen-bond donors (Lipinski definition) is 0. The molecule has 0 unspecified atom stereocenters. The lowest BCUT2D eigenvalue weighted by atomic mass is 10.1. The molecule has 0 spiro atoms. The molecule has 6 heteroatoms. The van der Waals surface area contributed by atoms with E-state index in [4.69, 9.17) is 11.6 Å². The third-order valence-corrected chi connectivity index (χ3v) is 4.46. The van der Waals surface area contributed by atoms with E-state index in [1.807, 2.05) is 6.92 Å². The van der Waals surface area contributed by atoms with Gasteiger partial charge in [-0.3, -0.25) is 9.59 Å². The first-order valence-corrected chi connectivity index (χ1v) is 7.94. The minimum atomic E-state index is -0.380. The molecule has 2 amide bonds. The van der Waals surface area contributed by atoms with Gasteiger partial charge in [0.15, 0.2) is 0 Å². The van der Waals surface area contributed by atoms with Crippen LogP contribution in [0.25, 0.3) is 0 Å². The lowest BCUT2D eigenvalue weighted by molar-refractivity contribution is -0.137. The van der Waals surface area contributed by atoms with Gasteiger partial charge in [0, 0.05) is 37.6 Å². The van der Waals surface area contributed by atoms with Gasteiger partial charge in [-0.05, 0) is 36.6 Å². The van der Waals surface area contributed by atoms with E-state index in [0.29, 0.717) is 43.2 Å². The fourth-order valence-electron chi connectivity index (χ4n) is 2.61. The van der Waals surface area contributed by atoms with E-state index in [0.717, 1.165) is 5.56 Å². The summed E-state index contributed by atoms with van der Waals surface area (Å²) in [5.41, 5.74) is 1.30. The Hall–Kier alpha value is -1.88. The highest BCUT2D eigenvalue weighted by Gasteiger charge is 2.22. The van der Waals surface area contributed by atoms with Crippen LogP contribution in [0.3, 0.4) is 0 Å². The smallest absolute Gasteiger partial charge is 0.246 e. The number of benzene rings is 1. The monoisotopic (exact) mass is 338 g/mol. The Balaban J connectivity index is 1.88. The zero-order valence-corrected chi connectivity index (χ0v) is 13.9. The van der Waals surface area contributed by atoms with Crippen molar-refractivity contribution >= 4 is 23.4 Å². The summed E-state index contributed by atoms with van der Waals surface area (Å²) in [5, 5.41) is 0.389. The number of carbonyl (C=O) groups is 2. The highest BCUT2D eigenvalue weighted by atomic mass is 35.5. The number of amides is 2. The summed E-state index contributed by atoms with van der Waals surface area (Å²) in [7, 11) is 0. The van der Waals surface area contributed by atoms with E-state index in [9.17, 15) is 14.0 Å². The number of rotatable bonds is 4. The quantitative estimate of drug-likeness (QED) is 0.792. The first kappa shape index (κ1) is 17.5. The van der Waals surface area contributed by atoms with Crippen LogP contribution in [0, 0.1) is 12.7 Å². The van der Waals surface area contributed by atoms with Crippen molar-refractivity contribution in [3.05, 3.63) is 46.8 Å². The summed E-state index contributed by atoms with van der Waals surface area (Å²) >= 11 is 5.87. The molecule has 1 fully saturated rings. The van der Waals surface area contributed by atoms with Gasteiger partial charge in [0.05, 0.1) is 0 Å². The van der Waals surface area contributed by atoms with E-state index in [1.165, 1.54) is 12.1 Å². The van der Waals surface area contributed by atoms with Crippen molar-refractivity contribution in [1.29, 1.82) is 0 Å². The zero-order valence-electron chi connectivity index (χ0n) is 13.1. The molecule has 0 aliphatic carbocycles. The van der Waals surface area contributed by atoms with Crippen molar-refractivity contribution in [3.8, 4) is 0 Å². The third-order valence-electron chi connectivity index (χ3n) is 4.05. The summed E-state index contributed by atoms with van der Waals surface area (Å²) < 4.78 is 13.8. The average Bonchev–Trinajstić information content (AvgIpc) is 2.56. The van der Waals surface area contributed by atoms with E-state index >= 15 is 0 Å². The molecule has 0 N–H and O–H groups in total. The number of halogens is 2. The van der Waals surface area contributed by atoms with Crippen LogP contribution in [-0.4, -0.2) is 47.8 Å². The summed E-state index contributed by atoms with van der Waals surface area (Å²) in [4.78, 5) is 27.1. The maximum atomic E-state index is 13.8. The van der Waals surface area contributed by atoms with E-state index in [1.54, 1.807) is 15.9 Å². The van der Waals surface area contributed by atoms with Gasteiger partial charge in [-0.15, -0.1) is 0 Å². The SMILES string of the molecule is C=CC(=O)N1CCN(C(=O)CCc2cc(C)c(Cl)cc2F)CC1. The summed E-state index contributed by atoms with van der Waals surface area (Å²) in [6.45, 7) is 7.28. The van der Waals surface area contributed by atoms with E-state index in [-0.39, 0.29) is 24.1 Å². The van der Waals surface area contributed by atoms with Crippen LogP contribution in [0.2, 0.25) is 5.02 Å². The molecule has 1 saturated heterocycles. The lowest BCUT2D eigenvalue weighted by Crippen LogP contribution is -2.50. The minimum Gasteiger partial charge on any atom is -0.339 e. The molecular formula is C17H20ClFN2O2. The van der Waals surface area contributed by atoms with Crippen LogP contribution >= 0.6 is 11.6 Å². The molecule has 1 aromatic rings. The standard InChI is InChI=1S/C17H20ClFN2O2/c1-3-16(22)20-6-8-21(9-7-20)17(23)5-4-13-10-12(2)14(18)11-15(13)19/h3,10-11H,1,4-9H2,2H3. The molecule has 1 aliphatic heterocycles. The Bertz CT molecular complexity index is 625. The average molecular weight is 339 g/mol. The van der Waals surface area contributed by atoms with Gasteiger partial charge >= 0.3 is 0 Å². The van der Waals surface area contributed by atoms with Crippen LogP contribution in [0.1, 0.15) is 17.5 Å². The van der Waals surface area contributed by atoms with Gasteiger partial charge in [-0.2, -0.15) is 0 Å². The molecule has 0 atom stereocenters. The van der Waals surface area contributed by atoms with Gasteiger partial charge in [-0.1, -0.05) is 24.2 Å². The van der Waals surface area contributed by atoms with E-state index < -0.39 is 0 Å². The molecule has 0 saturated carbocycles. The van der Waals surface area contributed by atoms with Crippen molar-refractivity contribution in [2.75, 3.05) is 26.2 Å². The molecule has 4 nitrogen and oxygen atoms in total. The fraction of sp³-hybridized carbons (Fsp3) is 0.412. The molecule has 124 valence electrons. The zero-order chi connectivity index (χ0) is 17.0. The summed E-state index contributed by atoms with van der Waals surface area (Å²) in [6, 6.07) is 2.97. The van der Waals surface area contributed by atoms with Crippen molar-refractivity contribution < 1.29 is 14.0 Å². The summed E-state index contributed by atoms with van der Waals surface area (Å²) in [5.74, 6) is -0.520. The van der Waals surface area contributed by atoms with Gasteiger partial charge in [0.25, 0.3) is 0 Å². The van der Waals surface area contributed by atoms with E-state index in [2.05, 4.69) is 6.58 Å². The van der Waals surface area contributed by atoms with Crippen LogP contribution in [0.15, 0.2) is 24.8 Å². The number of piperazine rings is 1. The highest BCUT2D eigenvalue weighted by Crippen LogP contribution is 2.21. The number of aryl methyl sites for hydroxylation is 2. The first-order chi connectivity index (χ1) is 10.9. The topological polar surface area (TPSA) is 40.6 Å². The second-order valence-corrected chi connectivity index (χ2v) is 6.01. The van der Waals surface area contributed by atoms with Gasteiger partial charge < -0.3 is 9.80 Å². The fourth-order valence-corrected chi connectivity index (χ4v) is 2.76. The first-order valence-electron chi connectivity index (χ1n) is 7.56. The molecule has 1 aliphatic rings. The molecule has 1 heterocycles. The normalized spacial score (nSPS) is 14.7. The third kappa shape index (κ3) is 4.32. The van der Waals surface area contributed by atoms with Gasteiger partial charge in [0.1, 0.15) is 5.82 Å². The molecule has 0 bridgehead atoms. The van der Waals surface area contributed by atoms with Crippen molar-refractivity contribution in [2.24, 2.45) is 0 Å². The minimum absolute atomic E-state index is 0.0253. The number of hydrogen-bond acceptors (Lipinski definition) is 2. The predicted molar refractivity (Wildman–Crippen MR) is 87.8 cm³/mol. The molecule has 1 aromatic carbocycles. The van der Waals surface area contributed by atoms with Crippen molar-refractivity contribution in [2.45, 2.75) is 19.8 Å². The Labute approximate surface area is 140 Å². The van der Waals surface area contributed by atoms with Crippen LogP contribution in [0.5, 0.6) is 0 Å². The molecule has 23 heavy (non-hydrogen) atoms. The Morgan fingerprint density at radius 2 is 1.87 bits per heavy atom. The second-order valence-electron chi connectivity index (χ2n) is 5.60. The molecule has 0 radical (unpaired) electrons. The molecule has 0 aromatic heterocycles.